The molecule has 0 bridgehead atoms. The fourth-order valence-electron chi connectivity index (χ4n) is 2.82. The fourth-order valence-corrected chi connectivity index (χ4v) is 2.82. The van der Waals surface area contributed by atoms with E-state index >= 15 is 0 Å². The topological polar surface area (TPSA) is 27.3 Å². The molecule has 1 aliphatic rings. The molecule has 0 spiro atoms. The molecule has 1 aromatic rings. The standard InChI is InChI=1S/C17H29N3/c1-3-20(4-2)14-15-8-7-10-16(12-15)19-13-17-9-5-6-11-18-17/h7-8,10,12,17-19H,3-6,9,11,13-14H2,1-2H3. The summed E-state index contributed by atoms with van der Waals surface area (Å²) in [7, 11) is 0. The summed E-state index contributed by atoms with van der Waals surface area (Å²) >= 11 is 0. The lowest BCUT2D eigenvalue weighted by Gasteiger charge is -2.24. The van der Waals surface area contributed by atoms with Crippen molar-refractivity contribution >= 4 is 5.69 Å². The van der Waals surface area contributed by atoms with Gasteiger partial charge in [0.2, 0.25) is 0 Å². The quantitative estimate of drug-likeness (QED) is 0.801. The number of nitrogens with one attached hydrogen (secondary N) is 2. The molecule has 2 N–H and O–H groups in total. The summed E-state index contributed by atoms with van der Waals surface area (Å²) < 4.78 is 0. The largest absolute Gasteiger partial charge is 0.383 e. The highest BCUT2D eigenvalue weighted by atomic mass is 15.1. The Hall–Kier alpha value is -1.06. The van der Waals surface area contributed by atoms with E-state index in [1.165, 1.54) is 37.1 Å². The Balaban J connectivity index is 1.85. The second kappa shape index (κ2) is 8.28. The average molecular weight is 275 g/mol. The van der Waals surface area contributed by atoms with Crippen molar-refractivity contribution in [3.8, 4) is 0 Å². The lowest BCUT2D eigenvalue weighted by molar-refractivity contribution is 0.296. The van der Waals surface area contributed by atoms with E-state index in [0.29, 0.717) is 6.04 Å². The third kappa shape index (κ3) is 4.80. The van der Waals surface area contributed by atoms with Crippen LogP contribution in [0.3, 0.4) is 0 Å². The van der Waals surface area contributed by atoms with Gasteiger partial charge < -0.3 is 10.6 Å². The van der Waals surface area contributed by atoms with Crippen molar-refractivity contribution < 1.29 is 0 Å². The van der Waals surface area contributed by atoms with E-state index in [2.05, 4.69) is 53.6 Å². The summed E-state index contributed by atoms with van der Waals surface area (Å²) in [5, 5.41) is 7.17. The molecule has 0 saturated carbocycles. The van der Waals surface area contributed by atoms with Gasteiger partial charge in [0.05, 0.1) is 0 Å². The van der Waals surface area contributed by atoms with Crippen molar-refractivity contribution in [2.45, 2.75) is 45.7 Å². The van der Waals surface area contributed by atoms with E-state index in [1.807, 2.05) is 0 Å². The molecule has 1 aromatic carbocycles. The maximum atomic E-state index is 3.58. The van der Waals surface area contributed by atoms with Crippen LogP contribution in [0.2, 0.25) is 0 Å². The lowest BCUT2D eigenvalue weighted by Crippen LogP contribution is -2.39. The second-order valence-corrected chi connectivity index (χ2v) is 5.69. The first-order chi connectivity index (χ1) is 9.81. The zero-order valence-electron chi connectivity index (χ0n) is 13.0. The minimum absolute atomic E-state index is 0.634. The molecule has 3 heteroatoms. The molecule has 1 aliphatic heterocycles. The summed E-state index contributed by atoms with van der Waals surface area (Å²) in [6.45, 7) is 9.92. The predicted octanol–water partition coefficient (Wildman–Crippen LogP) is 3.08. The molecular formula is C17H29N3. The van der Waals surface area contributed by atoms with Crippen LogP contribution in [-0.4, -0.2) is 37.1 Å². The van der Waals surface area contributed by atoms with Crippen LogP contribution in [0.4, 0.5) is 5.69 Å². The van der Waals surface area contributed by atoms with E-state index in [-0.39, 0.29) is 0 Å². The lowest BCUT2D eigenvalue weighted by atomic mass is 10.0. The first-order valence-electron chi connectivity index (χ1n) is 8.10. The Kier molecular flexibility index (Phi) is 6.34. The van der Waals surface area contributed by atoms with Crippen molar-refractivity contribution in [3.05, 3.63) is 29.8 Å². The van der Waals surface area contributed by atoms with Gasteiger partial charge in [-0.05, 0) is 50.2 Å². The summed E-state index contributed by atoms with van der Waals surface area (Å²) in [5.74, 6) is 0. The van der Waals surface area contributed by atoms with Gasteiger partial charge in [-0.1, -0.05) is 32.4 Å². The molecule has 2 rings (SSSR count). The van der Waals surface area contributed by atoms with Crippen molar-refractivity contribution in [1.82, 2.24) is 10.2 Å². The number of piperidine rings is 1. The SMILES string of the molecule is CCN(CC)Cc1cccc(NCC2CCCCN2)c1. The van der Waals surface area contributed by atoms with Crippen molar-refractivity contribution in [2.75, 3.05) is 31.5 Å². The highest BCUT2D eigenvalue weighted by Gasteiger charge is 2.11. The van der Waals surface area contributed by atoms with Gasteiger partial charge in [0.25, 0.3) is 0 Å². The molecule has 1 saturated heterocycles. The minimum atomic E-state index is 0.634. The summed E-state index contributed by atoms with van der Waals surface area (Å²) in [5.41, 5.74) is 2.65. The van der Waals surface area contributed by atoms with Gasteiger partial charge in [-0.15, -0.1) is 0 Å². The maximum Gasteiger partial charge on any atom is 0.0343 e. The van der Waals surface area contributed by atoms with E-state index in [1.54, 1.807) is 0 Å². The molecule has 1 unspecified atom stereocenters. The molecular weight excluding hydrogens is 246 g/mol. The van der Waals surface area contributed by atoms with Crippen LogP contribution in [0.5, 0.6) is 0 Å². The van der Waals surface area contributed by atoms with Crippen molar-refractivity contribution in [2.24, 2.45) is 0 Å². The molecule has 1 heterocycles. The smallest absolute Gasteiger partial charge is 0.0343 e. The molecule has 0 aliphatic carbocycles. The van der Waals surface area contributed by atoms with Gasteiger partial charge in [-0.2, -0.15) is 0 Å². The first-order valence-corrected chi connectivity index (χ1v) is 8.10. The predicted molar refractivity (Wildman–Crippen MR) is 87.2 cm³/mol. The second-order valence-electron chi connectivity index (χ2n) is 5.69. The van der Waals surface area contributed by atoms with Crippen LogP contribution in [0, 0.1) is 0 Å². The van der Waals surface area contributed by atoms with Gasteiger partial charge in [-0.25, -0.2) is 0 Å². The van der Waals surface area contributed by atoms with E-state index in [4.69, 9.17) is 0 Å². The van der Waals surface area contributed by atoms with Gasteiger partial charge in [-0.3, -0.25) is 4.90 Å². The van der Waals surface area contributed by atoms with Crippen molar-refractivity contribution in [1.29, 1.82) is 0 Å². The fraction of sp³-hybridized carbons (Fsp3) is 0.647. The van der Waals surface area contributed by atoms with Gasteiger partial charge >= 0.3 is 0 Å². The third-order valence-corrected chi connectivity index (χ3v) is 4.19. The normalized spacial score (nSPS) is 19.2. The van der Waals surface area contributed by atoms with E-state index < -0.39 is 0 Å². The number of benzene rings is 1. The minimum Gasteiger partial charge on any atom is -0.383 e. The summed E-state index contributed by atoms with van der Waals surface area (Å²) in [6.07, 6.45) is 3.99. The highest BCUT2D eigenvalue weighted by Crippen LogP contribution is 2.14. The van der Waals surface area contributed by atoms with Crippen LogP contribution in [0.1, 0.15) is 38.7 Å². The monoisotopic (exact) mass is 275 g/mol. The van der Waals surface area contributed by atoms with Crippen molar-refractivity contribution in [3.63, 3.8) is 0 Å². The van der Waals surface area contributed by atoms with E-state index in [9.17, 15) is 0 Å². The zero-order chi connectivity index (χ0) is 14.2. The van der Waals surface area contributed by atoms with Crippen LogP contribution < -0.4 is 10.6 Å². The summed E-state index contributed by atoms with van der Waals surface area (Å²) in [4.78, 5) is 2.45. The Morgan fingerprint density at radius 3 is 2.80 bits per heavy atom. The number of rotatable bonds is 7. The maximum absolute atomic E-state index is 3.58. The van der Waals surface area contributed by atoms with Gasteiger partial charge in [0.1, 0.15) is 0 Å². The Bertz CT molecular complexity index is 382. The Labute approximate surface area is 123 Å². The van der Waals surface area contributed by atoms with Crippen LogP contribution in [0.15, 0.2) is 24.3 Å². The zero-order valence-corrected chi connectivity index (χ0v) is 13.0. The summed E-state index contributed by atoms with van der Waals surface area (Å²) in [6, 6.07) is 9.49. The van der Waals surface area contributed by atoms with Gasteiger partial charge in [0.15, 0.2) is 0 Å². The van der Waals surface area contributed by atoms with Crippen LogP contribution in [-0.2, 0) is 6.54 Å². The molecule has 1 atom stereocenters. The molecule has 0 radical (unpaired) electrons. The number of nitrogens with zero attached hydrogens (tertiary/aromatic N) is 1. The number of hydrogen-bond acceptors (Lipinski definition) is 3. The molecule has 112 valence electrons. The van der Waals surface area contributed by atoms with Gasteiger partial charge in [0, 0.05) is 24.8 Å². The number of anilines is 1. The van der Waals surface area contributed by atoms with E-state index in [0.717, 1.165) is 26.2 Å². The number of hydrogen-bond donors (Lipinski definition) is 2. The van der Waals surface area contributed by atoms with Crippen LogP contribution in [0.25, 0.3) is 0 Å². The molecule has 20 heavy (non-hydrogen) atoms. The Morgan fingerprint density at radius 1 is 1.25 bits per heavy atom. The Morgan fingerprint density at radius 2 is 2.10 bits per heavy atom. The molecule has 0 aromatic heterocycles. The van der Waals surface area contributed by atoms with Crippen LogP contribution >= 0.6 is 0 Å². The average Bonchev–Trinajstić information content (AvgIpc) is 2.52. The highest BCUT2D eigenvalue weighted by molar-refractivity contribution is 5.45. The molecule has 1 fully saturated rings. The molecule has 0 amide bonds. The first kappa shape index (κ1) is 15.3. The third-order valence-electron chi connectivity index (χ3n) is 4.19. The molecule has 3 nitrogen and oxygen atoms in total.